The average molecular weight is 1470 g/mol. The Labute approximate surface area is 616 Å². The topological polar surface area (TPSA) is 366 Å². The number of hydrogen-bond acceptors (Lipinski definition) is 22. The summed E-state index contributed by atoms with van der Waals surface area (Å²) >= 11 is 0. The number of carbonyl (C=O) groups is 6. The van der Waals surface area contributed by atoms with Gasteiger partial charge in [0.05, 0.1) is 103 Å². The normalized spacial score (nSPS) is 21.1. The number of nitrogens with one attached hydrogen (secondary N) is 1. The van der Waals surface area contributed by atoms with Crippen LogP contribution in [0, 0.1) is 17.8 Å². The zero-order chi connectivity index (χ0) is 75.1. The number of ketones is 1. The van der Waals surface area contributed by atoms with Crippen molar-refractivity contribution in [1.29, 1.82) is 0 Å². The molecule has 0 unspecified atom stereocenters. The van der Waals surface area contributed by atoms with Crippen LogP contribution in [0.15, 0.2) is 53.8 Å². The van der Waals surface area contributed by atoms with Crippen LogP contribution in [0.25, 0.3) is 33.8 Å². The summed E-state index contributed by atoms with van der Waals surface area (Å²) in [5.41, 5.74) is 5.88. The van der Waals surface area contributed by atoms with Crippen molar-refractivity contribution in [2.24, 2.45) is 38.9 Å². The summed E-state index contributed by atoms with van der Waals surface area (Å²) in [5, 5.41) is 41.7. The van der Waals surface area contributed by atoms with Crippen LogP contribution in [0.2, 0.25) is 0 Å². The average Bonchev–Trinajstić information content (AvgIpc) is 1.51. The number of carboxylic acid groups (broad SMARTS) is 2. The van der Waals surface area contributed by atoms with Gasteiger partial charge in [0.15, 0.2) is 11.6 Å². The van der Waals surface area contributed by atoms with Gasteiger partial charge in [0.2, 0.25) is 0 Å². The first-order valence-corrected chi connectivity index (χ1v) is 37.3. The number of rotatable bonds is 23. The number of ether oxygens (including phenoxy) is 7. The number of aromatic nitrogens is 10. The van der Waals surface area contributed by atoms with E-state index in [0.29, 0.717) is 121 Å². The molecule has 13 rings (SSSR count). The lowest BCUT2D eigenvalue weighted by molar-refractivity contribution is -0.144. The van der Waals surface area contributed by atoms with Crippen molar-refractivity contribution in [2.75, 3.05) is 52.3 Å². The standard InChI is InChI=1S/C27H37N5O6.C24H33N5O5.C24H32N4O6/c1-30(19-6-4-7-19)27(35)37-17-23-21(16-28-31(23)2)22-9-10-24(25(29-22)32-11-13-36-14-12-32)38-20-8-3-5-18(15-20)26(33)34;1-15(30)16-7-6-10-18(11-16)34-23-22(31)27-20(13-25-23)19-12-26-29(3)21(19)14-33-24(32)28(2)17-8-4-5-9-17;1-27(16-6-4-7-16)24(32)33-14-21-18(12-25-28(21)2)19-9-10-22(20(13-29)26-19)34-17-8-3-5-15(11-17)23(30)31/h9-10,16,18-20H,3-8,11-15,17H2,1-2H3,(H,33,34);12-13,16-18H,4-11,14H2,1-3H3,(H,27,31);9-10,12,15-17,29H,3-8,11,13-14H2,1-2H3,(H,30,31)/t18-,20-;16-,18-;15-,17-/m000/s1. The van der Waals surface area contributed by atoms with Gasteiger partial charge in [-0.15, -0.1) is 0 Å². The second-order valence-corrected chi connectivity index (χ2v) is 28.9. The highest BCUT2D eigenvalue weighted by Gasteiger charge is 2.35. The maximum atomic E-state index is 12.7. The highest BCUT2D eigenvalue weighted by atomic mass is 16.6. The molecule has 574 valence electrons. The lowest BCUT2D eigenvalue weighted by Crippen LogP contribution is -2.41. The number of carboxylic acids is 2. The third-order valence-corrected chi connectivity index (χ3v) is 22.0. The number of aromatic amines is 1. The maximum absolute atomic E-state index is 12.7. The fraction of sp³-hybridized carbons (Fsp3) is 0.613. The number of aliphatic carboxylic acids is 2. The summed E-state index contributed by atoms with van der Waals surface area (Å²) in [6, 6.07) is 8.04. The van der Waals surface area contributed by atoms with Crippen LogP contribution in [0.3, 0.4) is 0 Å². The van der Waals surface area contributed by atoms with Crippen LogP contribution in [0.4, 0.5) is 20.2 Å². The van der Waals surface area contributed by atoms with Crippen molar-refractivity contribution in [3.8, 4) is 51.2 Å². The van der Waals surface area contributed by atoms with Crippen LogP contribution in [0.5, 0.6) is 17.4 Å². The van der Waals surface area contributed by atoms with E-state index in [-0.39, 0.29) is 105 Å². The number of aryl methyl sites for hydroxylation is 3. The van der Waals surface area contributed by atoms with Crippen molar-refractivity contribution in [2.45, 2.75) is 211 Å². The predicted octanol–water partition coefficient (Wildman–Crippen LogP) is 9.79. The summed E-state index contributed by atoms with van der Waals surface area (Å²) < 4.78 is 45.5. The Hall–Kier alpha value is -9.65. The molecule has 0 spiro atoms. The second kappa shape index (κ2) is 36.1. The quantitative estimate of drug-likeness (QED) is 0.0433. The molecule has 3 amide bonds. The Morgan fingerprint density at radius 1 is 0.528 bits per heavy atom. The Kier molecular flexibility index (Phi) is 26.4. The van der Waals surface area contributed by atoms with E-state index in [1.165, 1.54) is 6.20 Å². The zero-order valence-electron chi connectivity index (χ0n) is 61.9. The first-order chi connectivity index (χ1) is 51.1. The zero-order valence-corrected chi connectivity index (χ0v) is 61.9. The van der Waals surface area contributed by atoms with E-state index < -0.39 is 23.4 Å². The molecule has 6 aromatic rings. The molecule has 1 aliphatic heterocycles. The summed E-state index contributed by atoms with van der Waals surface area (Å²) in [6.45, 7) is 3.99. The van der Waals surface area contributed by atoms with E-state index in [0.717, 1.165) is 120 Å². The molecular formula is C75H102N14O17. The molecule has 31 heteroatoms. The molecule has 31 nitrogen and oxygen atoms in total. The Balaban J connectivity index is 0.000000159. The number of aliphatic hydroxyl groups is 1. The number of pyridine rings is 2. The van der Waals surface area contributed by atoms with E-state index in [9.17, 15) is 48.9 Å². The van der Waals surface area contributed by atoms with Gasteiger partial charge >= 0.3 is 35.8 Å². The van der Waals surface area contributed by atoms with Gasteiger partial charge in [-0.25, -0.2) is 29.3 Å². The van der Waals surface area contributed by atoms with Crippen molar-refractivity contribution >= 4 is 41.8 Å². The van der Waals surface area contributed by atoms with Gasteiger partial charge in [-0.2, -0.15) is 15.3 Å². The molecule has 0 bridgehead atoms. The van der Waals surface area contributed by atoms with Crippen LogP contribution < -0.4 is 24.7 Å². The van der Waals surface area contributed by atoms with Gasteiger partial charge in [0.1, 0.15) is 43.2 Å². The van der Waals surface area contributed by atoms with Gasteiger partial charge in [-0.05, 0) is 160 Å². The lowest BCUT2D eigenvalue weighted by Gasteiger charge is -2.33. The molecule has 106 heavy (non-hydrogen) atoms. The number of carbonyl (C=O) groups excluding carboxylic acids is 4. The minimum atomic E-state index is -0.798. The molecule has 7 heterocycles. The van der Waals surface area contributed by atoms with E-state index in [4.69, 9.17) is 38.1 Å². The van der Waals surface area contributed by atoms with Crippen molar-refractivity contribution in [1.82, 2.24) is 64.0 Å². The van der Waals surface area contributed by atoms with Gasteiger partial charge < -0.3 is 73.1 Å². The van der Waals surface area contributed by atoms with Gasteiger partial charge in [-0.3, -0.25) is 33.2 Å². The molecule has 0 aromatic carbocycles. The minimum Gasteiger partial charge on any atom is -0.488 e. The molecule has 7 fully saturated rings. The first-order valence-electron chi connectivity index (χ1n) is 37.3. The van der Waals surface area contributed by atoms with E-state index >= 15 is 0 Å². The SMILES string of the molecule is CC(=O)[C@H]1CCC[C@H](Oc2ncc(-c3cnn(C)c3COC(=O)N(C)C3CCCC3)[nH]c2=O)C1.CN(C(=O)OCc1c(-c2ccc(O[C@H]3CCC[C@H](C(=O)O)C3)c(CO)n2)cnn1C)C1CCC1.CN(C(=O)OCc1c(-c2ccc(O[C@H]3CCC[C@H](C(=O)O)C3)c(N3CCOCC3)n2)cnn1C)C1CCC1. The molecule has 7 aliphatic rings. The number of aliphatic hydroxyl groups excluding tert-OH is 1. The third kappa shape index (κ3) is 19.3. The summed E-state index contributed by atoms with van der Waals surface area (Å²) in [5.74, 6) is -0.420. The van der Waals surface area contributed by atoms with E-state index in [2.05, 4.69) is 35.1 Å². The molecule has 4 N–H and O–H groups in total. The molecule has 6 saturated carbocycles. The highest BCUT2D eigenvalue weighted by Crippen LogP contribution is 2.38. The smallest absolute Gasteiger partial charge is 0.410 e. The first kappa shape index (κ1) is 77.4. The molecule has 0 radical (unpaired) electrons. The van der Waals surface area contributed by atoms with E-state index in [1.54, 1.807) is 102 Å². The van der Waals surface area contributed by atoms with Gasteiger partial charge in [-0.1, -0.05) is 12.8 Å². The number of anilines is 1. The third-order valence-electron chi connectivity index (χ3n) is 22.0. The molecule has 1 saturated heterocycles. The van der Waals surface area contributed by atoms with Crippen molar-refractivity contribution in [3.05, 3.63) is 82.2 Å². The van der Waals surface area contributed by atoms with Crippen LogP contribution in [-0.4, -0.2) is 199 Å². The minimum absolute atomic E-state index is 0.00647. The molecule has 6 atom stereocenters. The number of nitrogens with zero attached hydrogens (tertiary/aromatic N) is 13. The number of amides is 3. The second-order valence-electron chi connectivity index (χ2n) is 28.9. The van der Waals surface area contributed by atoms with Crippen LogP contribution in [-0.2, 0) is 80.9 Å². The monoisotopic (exact) mass is 1470 g/mol. The maximum Gasteiger partial charge on any atom is 0.410 e. The number of Topliss-reactive ketones (excluding diaryl/α,β-unsaturated/α-hetero) is 1. The highest BCUT2D eigenvalue weighted by molar-refractivity contribution is 5.78. The molecule has 6 aromatic heterocycles. The van der Waals surface area contributed by atoms with Crippen molar-refractivity contribution < 1.29 is 77.2 Å². The van der Waals surface area contributed by atoms with Crippen LogP contribution in [0.1, 0.15) is 171 Å². The Bertz CT molecular complexity index is 4080. The number of morpholine rings is 1. The van der Waals surface area contributed by atoms with Crippen molar-refractivity contribution in [3.63, 3.8) is 0 Å². The fourth-order valence-electron chi connectivity index (χ4n) is 14.8. The summed E-state index contributed by atoms with van der Waals surface area (Å²) in [6.07, 6.45) is 24.1. The summed E-state index contributed by atoms with van der Waals surface area (Å²) in [7, 11) is 10.7. The van der Waals surface area contributed by atoms with Gasteiger partial charge in [0, 0.05) is 96.1 Å². The van der Waals surface area contributed by atoms with Crippen LogP contribution >= 0.6 is 0 Å². The predicted molar refractivity (Wildman–Crippen MR) is 385 cm³/mol. The summed E-state index contributed by atoms with van der Waals surface area (Å²) in [4.78, 5) is 109. The molecule has 6 aliphatic carbocycles. The lowest BCUT2D eigenvalue weighted by atomic mass is 9.85. The Morgan fingerprint density at radius 3 is 1.40 bits per heavy atom. The number of H-pyrrole nitrogens is 1. The largest absolute Gasteiger partial charge is 0.488 e. The molecular weight excluding hydrogens is 1370 g/mol. The van der Waals surface area contributed by atoms with E-state index in [1.807, 2.05) is 19.2 Å². The van der Waals surface area contributed by atoms with Gasteiger partial charge in [0.25, 0.3) is 5.88 Å². The fourth-order valence-corrected chi connectivity index (χ4v) is 14.8. The Morgan fingerprint density at radius 2 is 0.943 bits per heavy atom. The number of hydrogen-bond donors (Lipinski definition) is 4.